The van der Waals surface area contributed by atoms with Crippen LogP contribution in [0.5, 0.6) is 16.6 Å². The number of thiophene rings is 1. The molecule has 3 N–H and O–H groups in total. The SMILES string of the molecule is CCCCCC(=O)c1ccc(Oc2sc(C(=O)O)c3c2C2=C(CC3)CNN2)cc1OC. The Labute approximate surface area is 185 Å². The molecule has 0 radical (unpaired) electrons. The molecule has 2 aliphatic rings. The first-order chi connectivity index (χ1) is 15.0. The summed E-state index contributed by atoms with van der Waals surface area (Å²) in [5.74, 6) is 0.0660. The lowest BCUT2D eigenvalue weighted by molar-refractivity contribution is 0.0700. The minimum absolute atomic E-state index is 0.0505. The number of Topliss-reactive ketones (excluding diaryl/α,β-unsaturated/α-hetero) is 1. The summed E-state index contributed by atoms with van der Waals surface area (Å²) in [6.07, 6.45) is 4.92. The molecule has 1 aliphatic carbocycles. The largest absolute Gasteiger partial charge is 0.496 e. The van der Waals surface area contributed by atoms with Crippen molar-refractivity contribution in [2.75, 3.05) is 13.7 Å². The van der Waals surface area contributed by atoms with Crippen molar-refractivity contribution in [2.45, 2.75) is 45.4 Å². The lowest BCUT2D eigenvalue weighted by Crippen LogP contribution is -2.23. The van der Waals surface area contributed by atoms with Crippen LogP contribution in [0.4, 0.5) is 0 Å². The number of ketones is 1. The molecular formula is C23H26N2O5S. The van der Waals surface area contributed by atoms with Gasteiger partial charge in [0.1, 0.15) is 16.4 Å². The second-order valence-electron chi connectivity index (χ2n) is 7.68. The first-order valence-electron chi connectivity index (χ1n) is 10.5. The van der Waals surface area contributed by atoms with Crippen LogP contribution in [0.2, 0.25) is 0 Å². The maximum Gasteiger partial charge on any atom is 0.346 e. The predicted octanol–water partition coefficient (Wildman–Crippen LogP) is 4.78. The number of nitrogens with one attached hydrogen (secondary N) is 2. The molecular weight excluding hydrogens is 416 g/mol. The fraction of sp³-hybridized carbons (Fsp3) is 0.391. The Kier molecular flexibility index (Phi) is 6.29. The van der Waals surface area contributed by atoms with Crippen LogP contribution in [0.3, 0.4) is 0 Å². The summed E-state index contributed by atoms with van der Waals surface area (Å²) in [6.45, 7) is 2.83. The summed E-state index contributed by atoms with van der Waals surface area (Å²) in [6, 6.07) is 5.15. The van der Waals surface area contributed by atoms with Crippen LogP contribution in [0.1, 0.15) is 70.2 Å². The van der Waals surface area contributed by atoms with Crippen molar-refractivity contribution in [1.29, 1.82) is 0 Å². The van der Waals surface area contributed by atoms with Gasteiger partial charge in [-0.1, -0.05) is 31.1 Å². The van der Waals surface area contributed by atoms with Crippen LogP contribution in [-0.4, -0.2) is 30.5 Å². The van der Waals surface area contributed by atoms with Crippen LogP contribution in [0, 0.1) is 0 Å². The van der Waals surface area contributed by atoms with Crippen LogP contribution >= 0.6 is 11.3 Å². The summed E-state index contributed by atoms with van der Waals surface area (Å²) < 4.78 is 11.6. The number of carboxylic acids is 1. The van der Waals surface area contributed by atoms with Gasteiger partial charge in [0.2, 0.25) is 0 Å². The van der Waals surface area contributed by atoms with Crippen molar-refractivity contribution in [1.82, 2.24) is 10.9 Å². The lowest BCUT2D eigenvalue weighted by Gasteiger charge is -2.17. The molecule has 4 rings (SSSR count). The summed E-state index contributed by atoms with van der Waals surface area (Å²) in [5, 5.41) is 10.2. The van der Waals surface area contributed by atoms with Crippen LogP contribution < -0.4 is 20.3 Å². The summed E-state index contributed by atoms with van der Waals surface area (Å²) >= 11 is 1.13. The zero-order valence-corrected chi connectivity index (χ0v) is 18.5. The van der Waals surface area contributed by atoms with E-state index in [4.69, 9.17) is 9.47 Å². The molecule has 0 spiro atoms. The Balaban J connectivity index is 1.64. The van der Waals surface area contributed by atoms with E-state index in [9.17, 15) is 14.7 Å². The number of methoxy groups -OCH3 is 1. The molecule has 2 aromatic rings. The van der Waals surface area contributed by atoms with Crippen molar-refractivity contribution in [3.8, 4) is 16.6 Å². The molecule has 0 saturated heterocycles. The van der Waals surface area contributed by atoms with Crippen LogP contribution in [-0.2, 0) is 6.42 Å². The number of aromatic carboxylic acids is 1. The van der Waals surface area contributed by atoms with E-state index in [0.717, 1.165) is 60.4 Å². The fourth-order valence-corrected chi connectivity index (χ4v) is 5.13. The molecule has 0 saturated carbocycles. The molecule has 2 heterocycles. The smallest absolute Gasteiger partial charge is 0.346 e. The number of unbranched alkanes of at least 4 members (excludes halogenated alkanes) is 2. The molecule has 31 heavy (non-hydrogen) atoms. The molecule has 0 unspecified atom stereocenters. The third-order valence-corrected chi connectivity index (χ3v) is 6.75. The number of carbonyl (C=O) groups is 2. The second-order valence-corrected chi connectivity index (χ2v) is 8.66. The van der Waals surface area contributed by atoms with Crippen molar-refractivity contribution in [3.63, 3.8) is 0 Å². The average molecular weight is 443 g/mol. The standard InChI is InChI=1S/C23H26N2O5S/c1-3-4-5-6-17(26)15-10-8-14(11-18(15)29-2)30-23-19-16(21(31-23)22(27)28)9-7-13-12-24-25-20(13)19/h8,10-11,24-25H,3-7,9,12H2,1-2H3,(H,27,28). The maximum atomic E-state index is 12.6. The first-order valence-corrected chi connectivity index (χ1v) is 11.3. The van der Waals surface area contributed by atoms with E-state index in [0.29, 0.717) is 39.8 Å². The highest BCUT2D eigenvalue weighted by Crippen LogP contribution is 2.46. The molecule has 1 aliphatic heterocycles. The average Bonchev–Trinajstić information content (AvgIpc) is 3.38. The van der Waals surface area contributed by atoms with E-state index in [2.05, 4.69) is 17.8 Å². The quantitative estimate of drug-likeness (QED) is 0.380. The van der Waals surface area contributed by atoms with E-state index in [-0.39, 0.29) is 5.78 Å². The highest BCUT2D eigenvalue weighted by Gasteiger charge is 2.32. The molecule has 8 heteroatoms. The zero-order chi connectivity index (χ0) is 22.0. The molecule has 0 atom stereocenters. The zero-order valence-electron chi connectivity index (χ0n) is 17.7. The summed E-state index contributed by atoms with van der Waals surface area (Å²) in [4.78, 5) is 24.7. The van der Waals surface area contributed by atoms with Gasteiger partial charge in [0.05, 0.1) is 23.9 Å². The number of fused-ring (bicyclic) bond motifs is 2. The predicted molar refractivity (Wildman–Crippen MR) is 119 cm³/mol. The highest BCUT2D eigenvalue weighted by atomic mass is 32.1. The first kappa shape index (κ1) is 21.4. The minimum atomic E-state index is -0.947. The third-order valence-electron chi connectivity index (χ3n) is 5.66. The Morgan fingerprint density at radius 3 is 2.81 bits per heavy atom. The number of benzene rings is 1. The van der Waals surface area contributed by atoms with Gasteiger partial charge in [-0.15, -0.1) is 0 Å². The molecule has 0 fully saturated rings. The van der Waals surface area contributed by atoms with Crippen molar-refractivity contribution < 1.29 is 24.2 Å². The lowest BCUT2D eigenvalue weighted by atomic mass is 9.91. The van der Waals surface area contributed by atoms with Crippen LogP contribution in [0.25, 0.3) is 5.70 Å². The molecule has 164 valence electrons. The maximum absolute atomic E-state index is 12.6. The van der Waals surface area contributed by atoms with Gasteiger partial charge in [-0.2, -0.15) is 0 Å². The Morgan fingerprint density at radius 1 is 1.23 bits per heavy atom. The van der Waals surface area contributed by atoms with E-state index in [1.165, 1.54) is 12.7 Å². The van der Waals surface area contributed by atoms with Gasteiger partial charge in [-0.05, 0) is 42.5 Å². The van der Waals surface area contributed by atoms with E-state index < -0.39 is 5.97 Å². The highest BCUT2D eigenvalue weighted by molar-refractivity contribution is 7.16. The number of hydrogen-bond acceptors (Lipinski definition) is 7. The molecule has 7 nitrogen and oxygen atoms in total. The molecule has 0 amide bonds. The number of rotatable bonds is 9. The van der Waals surface area contributed by atoms with Gasteiger partial charge >= 0.3 is 5.97 Å². The monoisotopic (exact) mass is 442 g/mol. The second kappa shape index (κ2) is 9.11. The van der Waals surface area contributed by atoms with Gasteiger partial charge in [0.25, 0.3) is 0 Å². The topological polar surface area (TPSA) is 96.9 Å². The fourth-order valence-electron chi connectivity index (χ4n) is 4.07. The normalized spacial score (nSPS) is 14.6. The van der Waals surface area contributed by atoms with Crippen molar-refractivity contribution >= 4 is 28.8 Å². The van der Waals surface area contributed by atoms with Crippen LogP contribution in [0.15, 0.2) is 23.8 Å². The van der Waals surface area contributed by atoms with E-state index in [1.807, 2.05) is 0 Å². The van der Waals surface area contributed by atoms with Gasteiger partial charge in [-0.3, -0.25) is 4.79 Å². The minimum Gasteiger partial charge on any atom is -0.496 e. The van der Waals surface area contributed by atoms with E-state index >= 15 is 0 Å². The number of carboxylic acid groups (broad SMARTS) is 1. The van der Waals surface area contributed by atoms with E-state index in [1.54, 1.807) is 18.2 Å². The summed E-state index contributed by atoms with van der Waals surface area (Å²) in [7, 11) is 1.53. The molecule has 1 aromatic heterocycles. The van der Waals surface area contributed by atoms with Crippen molar-refractivity contribution in [2.24, 2.45) is 0 Å². The van der Waals surface area contributed by atoms with Gasteiger partial charge in [0.15, 0.2) is 10.8 Å². The Hall–Kier alpha value is -2.84. The van der Waals surface area contributed by atoms with Gasteiger partial charge in [0, 0.05) is 19.0 Å². The van der Waals surface area contributed by atoms with Crippen molar-refractivity contribution in [3.05, 3.63) is 45.3 Å². The Bertz CT molecular complexity index is 1060. The Morgan fingerprint density at radius 2 is 2.06 bits per heavy atom. The summed E-state index contributed by atoms with van der Waals surface area (Å²) in [5.41, 5.74) is 10.6. The van der Waals surface area contributed by atoms with Gasteiger partial charge < -0.3 is 20.0 Å². The number of carbonyl (C=O) groups excluding carboxylic acids is 1. The number of hydrogen-bond donors (Lipinski definition) is 3. The third kappa shape index (κ3) is 4.18. The molecule has 1 aromatic carbocycles. The molecule has 0 bridgehead atoms. The van der Waals surface area contributed by atoms with Gasteiger partial charge in [-0.25, -0.2) is 10.2 Å². The number of hydrazine groups is 1. The number of ether oxygens (including phenoxy) is 2.